The van der Waals surface area contributed by atoms with Crippen LogP contribution in [-0.4, -0.2) is 19.5 Å². The number of rotatable bonds is 6. The van der Waals surface area contributed by atoms with Gasteiger partial charge in [0.25, 0.3) is 0 Å². The van der Waals surface area contributed by atoms with Crippen LogP contribution in [0, 0.1) is 5.41 Å². The van der Waals surface area contributed by atoms with Crippen molar-refractivity contribution in [3.8, 4) is 0 Å². The fraction of sp³-hybridized carbons (Fsp3) is 0.647. The Balaban J connectivity index is 1.84. The summed E-state index contributed by atoms with van der Waals surface area (Å²) in [5.41, 5.74) is 1.54. The highest BCUT2D eigenvalue weighted by atomic mass is 16.7. The third-order valence-corrected chi connectivity index (χ3v) is 4.21. The van der Waals surface area contributed by atoms with Gasteiger partial charge in [-0.25, -0.2) is 0 Å². The van der Waals surface area contributed by atoms with Crippen LogP contribution < -0.4 is 0 Å². The third kappa shape index (κ3) is 4.05. The molecule has 2 nitrogen and oxygen atoms in total. The van der Waals surface area contributed by atoms with Gasteiger partial charge in [0, 0.05) is 11.8 Å². The summed E-state index contributed by atoms with van der Waals surface area (Å²) in [5, 5.41) is 0. The second-order valence-electron chi connectivity index (χ2n) is 5.70. The van der Waals surface area contributed by atoms with Crippen LogP contribution in [0.25, 0.3) is 0 Å². The van der Waals surface area contributed by atoms with Crippen molar-refractivity contribution in [2.24, 2.45) is 5.41 Å². The summed E-state index contributed by atoms with van der Waals surface area (Å²) in [4.78, 5) is 0. The van der Waals surface area contributed by atoms with Gasteiger partial charge in [-0.2, -0.15) is 0 Å². The molecule has 0 saturated carbocycles. The summed E-state index contributed by atoms with van der Waals surface area (Å²) in [6, 6.07) is 10.4. The van der Waals surface area contributed by atoms with Gasteiger partial charge in [0.15, 0.2) is 6.29 Å². The maximum absolute atomic E-state index is 5.96. The van der Waals surface area contributed by atoms with E-state index in [9.17, 15) is 0 Å². The zero-order valence-corrected chi connectivity index (χ0v) is 12.2. The van der Waals surface area contributed by atoms with Crippen LogP contribution in [0.5, 0.6) is 0 Å². The normalized spacial score (nSPS) is 27.4. The molecule has 19 heavy (non-hydrogen) atoms. The Morgan fingerprint density at radius 2 is 1.79 bits per heavy atom. The summed E-state index contributed by atoms with van der Waals surface area (Å²) < 4.78 is 11.9. The standard InChI is InChI=1S/C17H26O2/c1-3-5-11-17(4-2)13-18-16(19-14-17)12-15-9-7-6-8-10-15/h6-10,16H,3-5,11-14H2,1-2H3. The summed E-state index contributed by atoms with van der Waals surface area (Å²) in [6.07, 6.45) is 5.67. The molecule has 1 aliphatic rings. The van der Waals surface area contributed by atoms with E-state index < -0.39 is 0 Å². The Kier molecular flexibility index (Phi) is 5.41. The predicted molar refractivity (Wildman–Crippen MR) is 78.1 cm³/mol. The van der Waals surface area contributed by atoms with Crippen molar-refractivity contribution in [3.63, 3.8) is 0 Å². The molecule has 0 atom stereocenters. The van der Waals surface area contributed by atoms with E-state index in [4.69, 9.17) is 9.47 Å². The smallest absolute Gasteiger partial charge is 0.161 e. The highest BCUT2D eigenvalue weighted by molar-refractivity contribution is 5.15. The Bertz CT molecular complexity index is 353. The number of benzene rings is 1. The van der Waals surface area contributed by atoms with Gasteiger partial charge in [-0.05, 0) is 18.4 Å². The number of ether oxygens (including phenoxy) is 2. The van der Waals surface area contributed by atoms with E-state index in [1.165, 1.54) is 24.8 Å². The van der Waals surface area contributed by atoms with Gasteiger partial charge < -0.3 is 9.47 Å². The Labute approximate surface area is 117 Å². The summed E-state index contributed by atoms with van der Waals surface area (Å²) in [5.74, 6) is 0. The largest absolute Gasteiger partial charge is 0.352 e. The lowest BCUT2D eigenvalue weighted by molar-refractivity contribution is -0.231. The minimum Gasteiger partial charge on any atom is -0.352 e. The second kappa shape index (κ2) is 7.06. The van der Waals surface area contributed by atoms with Gasteiger partial charge in [-0.1, -0.05) is 57.0 Å². The molecule has 0 unspecified atom stereocenters. The van der Waals surface area contributed by atoms with E-state index >= 15 is 0 Å². The van der Waals surface area contributed by atoms with Crippen LogP contribution in [0.15, 0.2) is 30.3 Å². The van der Waals surface area contributed by atoms with Gasteiger partial charge in [0.05, 0.1) is 13.2 Å². The summed E-state index contributed by atoms with van der Waals surface area (Å²) >= 11 is 0. The quantitative estimate of drug-likeness (QED) is 0.765. The van der Waals surface area contributed by atoms with Crippen LogP contribution in [0.4, 0.5) is 0 Å². The van der Waals surface area contributed by atoms with E-state index in [1.807, 2.05) is 6.07 Å². The number of unbranched alkanes of at least 4 members (excludes halogenated alkanes) is 1. The highest BCUT2D eigenvalue weighted by Gasteiger charge is 2.34. The second-order valence-corrected chi connectivity index (χ2v) is 5.70. The fourth-order valence-electron chi connectivity index (χ4n) is 2.63. The minimum absolute atomic E-state index is 0.0660. The van der Waals surface area contributed by atoms with Gasteiger partial charge in [-0.15, -0.1) is 0 Å². The molecule has 1 fully saturated rings. The average Bonchev–Trinajstić information content (AvgIpc) is 2.48. The van der Waals surface area contributed by atoms with E-state index in [1.54, 1.807) is 0 Å². The van der Waals surface area contributed by atoms with Gasteiger partial charge in [0.2, 0.25) is 0 Å². The van der Waals surface area contributed by atoms with Crippen molar-refractivity contribution in [2.75, 3.05) is 13.2 Å². The van der Waals surface area contributed by atoms with E-state index in [0.29, 0.717) is 0 Å². The molecule has 0 bridgehead atoms. The molecular formula is C17H26O2. The van der Waals surface area contributed by atoms with Crippen molar-refractivity contribution in [1.29, 1.82) is 0 Å². The topological polar surface area (TPSA) is 18.5 Å². The molecule has 1 aromatic rings. The molecule has 2 rings (SSSR count). The van der Waals surface area contributed by atoms with Crippen molar-refractivity contribution >= 4 is 0 Å². The van der Waals surface area contributed by atoms with E-state index in [0.717, 1.165) is 26.1 Å². The average molecular weight is 262 g/mol. The first-order valence-corrected chi connectivity index (χ1v) is 7.55. The first kappa shape index (κ1) is 14.5. The predicted octanol–water partition coefficient (Wildman–Crippen LogP) is 4.19. The van der Waals surface area contributed by atoms with E-state index in [2.05, 4.69) is 38.1 Å². The molecule has 1 aliphatic heterocycles. The zero-order valence-electron chi connectivity index (χ0n) is 12.2. The summed E-state index contributed by atoms with van der Waals surface area (Å²) in [6.45, 7) is 6.19. The van der Waals surface area contributed by atoms with Crippen molar-refractivity contribution in [3.05, 3.63) is 35.9 Å². The number of hydrogen-bond acceptors (Lipinski definition) is 2. The lowest BCUT2D eigenvalue weighted by atomic mass is 9.81. The van der Waals surface area contributed by atoms with Crippen LogP contribution >= 0.6 is 0 Å². The molecule has 0 aromatic heterocycles. The summed E-state index contributed by atoms with van der Waals surface area (Å²) in [7, 11) is 0. The first-order valence-electron chi connectivity index (χ1n) is 7.55. The van der Waals surface area contributed by atoms with Gasteiger partial charge >= 0.3 is 0 Å². The van der Waals surface area contributed by atoms with Gasteiger partial charge in [-0.3, -0.25) is 0 Å². The van der Waals surface area contributed by atoms with Crippen molar-refractivity contribution in [1.82, 2.24) is 0 Å². The Morgan fingerprint density at radius 3 is 2.37 bits per heavy atom. The van der Waals surface area contributed by atoms with Crippen LogP contribution in [0.1, 0.15) is 45.1 Å². The SMILES string of the molecule is CCCCC1(CC)COC(Cc2ccccc2)OC1. The highest BCUT2D eigenvalue weighted by Crippen LogP contribution is 2.34. The lowest BCUT2D eigenvalue weighted by Crippen LogP contribution is -2.42. The van der Waals surface area contributed by atoms with E-state index in [-0.39, 0.29) is 11.7 Å². The fourth-order valence-corrected chi connectivity index (χ4v) is 2.63. The minimum atomic E-state index is -0.0660. The molecule has 106 valence electrons. The molecule has 1 aromatic carbocycles. The monoisotopic (exact) mass is 262 g/mol. The lowest BCUT2D eigenvalue weighted by Gasteiger charge is -2.39. The third-order valence-electron chi connectivity index (χ3n) is 4.21. The van der Waals surface area contributed by atoms with Gasteiger partial charge in [0.1, 0.15) is 0 Å². The molecule has 1 saturated heterocycles. The molecule has 0 radical (unpaired) electrons. The van der Waals surface area contributed by atoms with Crippen LogP contribution in [0.2, 0.25) is 0 Å². The zero-order chi connectivity index (χ0) is 13.6. The molecule has 0 spiro atoms. The Hall–Kier alpha value is -0.860. The number of hydrogen-bond donors (Lipinski definition) is 0. The van der Waals surface area contributed by atoms with Crippen LogP contribution in [0.3, 0.4) is 0 Å². The molecule has 0 N–H and O–H groups in total. The van der Waals surface area contributed by atoms with Crippen molar-refractivity contribution in [2.45, 2.75) is 52.2 Å². The first-order chi connectivity index (χ1) is 9.28. The molecule has 1 heterocycles. The van der Waals surface area contributed by atoms with Crippen molar-refractivity contribution < 1.29 is 9.47 Å². The molecular weight excluding hydrogens is 236 g/mol. The maximum atomic E-state index is 5.96. The maximum Gasteiger partial charge on any atom is 0.161 e. The van der Waals surface area contributed by atoms with Crippen LogP contribution in [-0.2, 0) is 15.9 Å². The molecule has 0 amide bonds. The molecule has 2 heteroatoms. The molecule has 0 aliphatic carbocycles. The Morgan fingerprint density at radius 1 is 1.11 bits per heavy atom.